The van der Waals surface area contributed by atoms with E-state index in [2.05, 4.69) is 17.6 Å². The minimum Gasteiger partial charge on any atom is -0.480 e. The van der Waals surface area contributed by atoms with E-state index in [0.29, 0.717) is 6.42 Å². The zero-order valence-corrected chi connectivity index (χ0v) is 21.6. The van der Waals surface area contributed by atoms with E-state index in [9.17, 15) is 9.59 Å². The lowest BCUT2D eigenvalue weighted by Gasteiger charge is -2.30. The van der Waals surface area contributed by atoms with Gasteiger partial charge in [0.05, 0.1) is 0 Å². The number of carbonyl (C=O) groups is 2. The van der Waals surface area contributed by atoms with E-state index in [1.165, 1.54) is 83.5 Å². The average Bonchev–Trinajstić information content (AvgIpc) is 2.83. The van der Waals surface area contributed by atoms with Gasteiger partial charge in [0, 0.05) is 18.5 Å². The Balaban J connectivity index is 0.000000357. The molecule has 0 saturated heterocycles. The standard InChI is InChI=1S/C16H29NO3.C12H23N/c1-3-5-7-8-9-10-11-13-15(18)17-14(16(19)20)12-6-4-2;1-3-7-11(8-4-1)13-12-9-5-2-6-10-12/h10-11,14H,3-9,12-13H2,1-2H3,(H,17,18)(H,19,20);11-13H,1-10H2/t14-;/m1./s1. The molecule has 0 aliphatic heterocycles. The lowest BCUT2D eigenvalue weighted by molar-refractivity contribution is -0.141. The maximum atomic E-state index is 11.6. The highest BCUT2D eigenvalue weighted by atomic mass is 16.4. The first-order valence-corrected chi connectivity index (χ1v) is 14.0. The Hall–Kier alpha value is -1.36. The highest BCUT2D eigenvalue weighted by Crippen LogP contribution is 2.22. The number of carboxylic acid groups (broad SMARTS) is 1. The second-order valence-electron chi connectivity index (χ2n) is 9.96. The zero-order chi connectivity index (χ0) is 24.2. The minimum atomic E-state index is -0.949. The molecular weight excluding hydrogens is 412 g/mol. The van der Waals surface area contributed by atoms with Crippen LogP contribution in [0, 0.1) is 0 Å². The predicted molar refractivity (Wildman–Crippen MR) is 138 cm³/mol. The molecule has 192 valence electrons. The molecule has 2 fully saturated rings. The van der Waals surface area contributed by atoms with Gasteiger partial charge in [0.1, 0.15) is 6.04 Å². The fourth-order valence-electron chi connectivity index (χ4n) is 4.79. The van der Waals surface area contributed by atoms with Gasteiger partial charge < -0.3 is 15.7 Å². The van der Waals surface area contributed by atoms with E-state index in [-0.39, 0.29) is 12.3 Å². The number of hydrogen-bond acceptors (Lipinski definition) is 3. The normalized spacial score (nSPS) is 18.5. The molecule has 0 unspecified atom stereocenters. The molecule has 0 spiro atoms. The Bertz CT molecular complexity index is 507. The van der Waals surface area contributed by atoms with E-state index in [4.69, 9.17) is 5.11 Å². The summed E-state index contributed by atoms with van der Waals surface area (Å²) in [5, 5.41) is 15.4. The van der Waals surface area contributed by atoms with Gasteiger partial charge in [0.15, 0.2) is 0 Å². The van der Waals surface area contributed by atoms with Crippen molar-refractivity contribution in [2.45, 2.75) is 154 Å². The van der Waals surface area contributed by atoms with Gasteiger partial charge in [-0.3, -0.25) is 4.79 Å². The summed E-state index contributed by atoms with van der Waals surface area (Å²) in [5.74, 6) is -1.16. The maximum absolute atomic E-state index is 11.6. The van der Waals surface area contributed by atoms with E-state index in [0.717, 1.165) is 37.8 Å². The molecule has 2 saturated carbocycles. The topological polar surface area (TPSA) is 78.4 Å². The molecule has 0 aromatic carbocycles. The first-order chi connectivity index (χ1) is 16.1. The molecule has 0 aromatic heterocycles. The fourth-order valence-corrected chi connectivity index (χ4v) is 4.79. The van der Waals surface area contributed by atoms with E-state index in [1.54, 1.807) is 0 Å². The van der Waals surface area contributed by atoms with Crippen LogP contribution in [-0.2, 0) is 9.59 Å². The summed E-state index contributed by atoms with van der Waals surface area (Å²) < 4.78 is 0. The number of hydrogen-bond donors (Lipinski definition) is 3. The van der Waals surface area contributed by atoms with Crippen LogP contribution in [0.1, 0.15) is 136 Å². The molecule has 2 aliphatic carbocycles. The number of carboxylic acids is 1. The van der Waals surface area contributed by atoms with Crippen LogP contribution >= 0.6 is 0 Å². The van der Waals surface area contributed by atoms with Crippen molar-refractivity contribution in [3.63, 3.8) is 0 Å². The second-order valence-corrected chi connectivity index (χ2v) is 9.96. The third-order valence-electron chi connectivity index (χ3n) is 6.86. The number of aliphatic carboxylic acids is 1. The summed E-state index contributed by atoms with van der Waals surface area (Å²) in [4.78, 5) is 22.6. The van der Waals surface area contributed by atoms with E-state index < -0.39 is 12.0 Å². The van der Waals surface area contributed by atoms with Gasteiger partial charge in [0.25, 0.3) is 0 Å². The summed E-state index contributed by atoms with van der Waals surface area (Å²) in [6.07, 6.45) is 26.8. The van der Waals surface area contributed by atoms with Crippen LogP contribution in [0.25, 0.3) is 0 Å². The molecular formula is C28H52N2O3. The van der Waals surface area contributed by atoms with Crippen molar-refractivity contribution in [1.82, 2.24) is 10.6 Å². The molecule has 0 bridgehead atoms. The van der Waals surface area contributed by atoms with Crippen molar-refractivity contribution in [2.75, 3.05) is 0 Å². The Labute approximate surface area is 203 Å². The second kappa shape index (κ2) is 20.1. The van der Waals surface area contributed by atoms with Gasteiger partial charge in [-0.15, -0.1) is 0 Å². The fraction of sp³-hybridized carbons (Fsp3) is 0.857. The first-order valence-electron chi connectivity index (χ1n) is 14.0. The largest absolute Gasteiger partial charge is 0.480 e. The van der Waals surface area contributed by atoms with Gasteiger partial charge in [-0.25, -0.2) is 4.79 Å². The lowest BCUT2D eigenvalue weighted by Crippen LogP contribution is -2.40. The van der Waals surface area contributed by atoms with Crippen LogP contribution in [0.15, 0.2) is 12.2 Å². The quantitative estimate of drug-likeness (QED) is 0.193. The summed E-state index contributed by atoms with van der Waals surface area (Å²) in [6.45, 7) is 4.18. The predicted octanol–water partition coefficient (Wildman–Crippen LogP) is 6.90. The molecule has 0 aromatic rings. The Morgan fingerprint density at radius 2 is 1.39 bits per heavy atom. The van der Waals surface area contributed by atoms with Gasteiger partial charge in [0.2, 0.25) is 5.91 Å². The number of nitrogens with one attached hydrogen (secondary N) is 2. The smallest absolute Gasteiger partial charge is 0.326 e. The summed E-state index contributed by atoms with van der Waals surface area (Å²) in [6, 6.07) is 0.995. The molecule has 5 heteroatoms. The number of amides is 1. The van der Waals surface area contributed by atoms with Gasteiger partial charge in [-0.05, 0) is 44.9 Å². The zero-order valence-electron chi connectivity index (χ0n) is 21.6. The number of rotatable bonds is 14. The average molecular weight is 465 g/mol. The summed E-state index contributed by atoms with van der Waals surface area (Å²) in [7, 11) is 0. The third kappa shape index (κ3) is 16.0. The van der Waals surface area contributed by atoms with E-state index >= 15 is 0 Å². The van der Waals surface area contributed by atoms with Crippen LogP contribution in [0.3, 0.4) is 0 Å². The highest BCUT2D eigenvalue weighted by molar-refractivity contribution is 5.84. The SMILES string of the molecule is C1CCC(NC2CCCCC2)CC1.CCCCCCC=CCC(=O)N[C@H](CCCC)C(=O)O. The van der Waals surface area contributed by atoms with E-state index in [1.807, 2.05) is 19.1 Å². The van der Waals surface area contributed by atoms with Crippen LogP contribution < -0.4 is 10.6 Å². The Morgan fingerprint density at radius 3 is 1.91 bits per heavy atom. The highest BCUT2D eigenvalue weighted by Gasteiger charge is 2.19. The molecule has 0 heterocycles. The maximum Gasteiger partial charge on any atom is 0.326 e. The summed E-state index contributed by atoms with van der Waals surface area (Å²) in [5.41, 5.74) is 0. The molecule has 2 aliphatic rings. The van der Waals surface area contributed by atoms with Gasteiger partial charge in [-0.2, -0.15) is 0 Å². The van der Waals surface area contributed by atoms with Crippen LogP contribution in [0.2, 0.25) is 0 Å². The van der Waals surface area contributed by atoms with Gasteiger partial charge >= 0.3 is 5.97 Å². The monoisotopic (exact) mass is 464 g/mol. The molecule has 5 nitrogen and oxygen atoms in total. The molecule has 33 heavy (non-hydrogen) atoms. The van der Waals surface area contributed by atoms with Crippen molar-refractivity contribution in [2.24, 2.45) is 0 Å². The molecule has 0 radical (unpaired) electrons. The van der Waals surface area contributed by atoms with Crippen LogP contribution in [0.4, 0.5) is 0 Å². The Kier molecular flexibility index (Phi) is 18.0. The van der Waals surface area contributed by atoms with Crippen molar-refractivity contribution >= 4 is 11.9 Å². The molecule has 1 atom stereocenters. The lowest BCUT2D eigenvalue weighted by atomic mass is 9.91. The molecule has 3 N–H and O–H groups in total. The summed E-state index contributed by atoms with van der Waals surface area (Å²) >= 11 is 0. The molecule has 1 amide bonds. The third-order valence-corrected chi connectivity index (χ3v) is 6.86. The number of unbranched alkanes of at least 4 members (excludes halogenated alkanes) is 5. The van der Waals surface area contributed by atoms with Crippen molar-refractivity contribution in [1.29, 1.82) is 0 Å². The van der Waals surface area contributed by atoms with Crippen LogP contribution in [0.5, 0.6) is 0 Å². The van der Waals surface area contributed by atoms with Crippen molar-refractivity contribution < 1.29 is 14.7 Å². The van der Waals surface area contributed by atoms with Crippen molar-refractivity contribution in [3.05, 3.63) is 12.2 Å². The Morgan fingerprint density at radius 1 is 0.818 bits per heavy atom. The number of allylic oxidation sites excluding steroid dienone is 1. The molecule has 2 rings (SSSR count). The minimum absolute atomic E-state index is 0.210. The first kappa shape index (κ1) is 29.7. The van der Waals surface area contributed by atoms with Crippen LogP contribution in [-0.4, -0.2) is 35.1 Å². The van der Waals surface area contributed by atoms with Gasteiger partial charge in [-0.1, -0.05) is 96.6 Å². The van der Waals surface area contributed by atoms with Crippen molar-refractivity contribution in [3.8, 4) is 0 Å². The number of carbonyl (C=O) groups excluding carboxylic acids is 1.